The fraction of sp³-hybridized carbons (Fsp3) is 0.316. The van der Waals surface area contributed by atoms with E-state index in [-0.39, 0.29) is 22.9 Å². The van der Waals surface area contributed by atoms with Crippen LogP contribution in [0.4, 0.5) is 0 Å². The van der Waals surface area contributed by atoms with Gasteiger partial charge in [-0.25, -0.2) is 9.98 Å². The standard InChI is InChI=1S/C38H40N2O2/c1-37(2,3)33-23-41-35(39-33)29-19-17-27(25-13-9-7-10-14-25)21-31(29)32-22-28(26-15-11-8-12-16-26)18-20-30(32)36-40-34(24-42-36)38(4,5)6/h7-22,33-34H,23-24H2,1-6H3/t33-,34-/m1/s1. The molecule has 2 atom stereocenters. The summed E-state index contributed by atoms with van der Waals surface area (Å²) in [4.78, 5) is 10.2. The normalized spacial score (nSPS) is 18.7. The third-order valence-electron chi connectivity index (χ3n) is 8.31. The van der Waals surface area contributed by atoms with E-state index >= 15 is 0 Å². The molecule has 4 aromatic rings. The van der Waals surface area contributed by atoms with Gasteiger partial charge in [-0.15, -0.1) is 0 Å². The lowest BCUT2D eigenvalue weighted by atomic mass is 9.87. The largest absolute Gasteiger partial charge is 0.475 e. The Balaban J connectivity index is 1.58. The van der Waals surface area contributed by atoms with Gasteiger partial charge in [0.15, 0.2) is 0 Å². The van der Waals surface area contributed by atoms with Crippen molar-refractivity contribution in [2.75, 3.05) is 13.2 Å². The summed E-state index contributed by atoms with van der Waals surface area (Å²) in [7, 11) is 0. The molecule has 4 aromatic carbocycles. The molecule has 4 heteroatoms. The highest BCUT2D eigenvalue weighted by molar-refractivity contribution is 6.08. The molecular weight excluding hydrogens is 516 g/mol. The summed E-state index contributed by atoms with van der Waals surface area (Å²) in [5.41, 5.74) is 8.71. The highest BCUT2D eigenvalue weighted by Gasteiger charge is 2.34. The highest BCUT2D eigenvalue weighted by Crippen LogP contribution is 2.39. The van der Waals surface area contributed by atoms with E-state index in [4.69, 9.17) is 19.5 Å². The zero-order valence-electron chi connectivity index (χ0n) is 25.5. The second-order valence-electron chi connectivity index (χ2n) is 13.5. The number of aliphatic imine (C=N–C) groups is 2. The highest BCUT2D eigenvalue weighted by atomic mass is 16.5. The first-order chi connectivity index (χ1) is 20.1. The maximum absolute atomic E-state index is 6.32. The van der Waals surface area contributed by atoms with Crippen molar-refractivity contribution in [3.05, 3.63) is 108 Å². The van der Waals surface area contributed by atoms with Gasteiger partial charge in [0.2, 0.25) is 11.8 Å². The molecule has 0 spiro atoms. The predicted octanol–water partition coefficient (Wildman–Crippen LogP) is 9.07. The average Bonchev–Trinajstić information content (AvgIpc) is 3.69. The molecule has 2 heterocycles. The predicted molar refractivity (Wildman–Crippen MR) is 174 cm³/mol. The van der Waals surface area contributed by atoms with E-state index in [0.29, 0.717) is 25.0 Å². The van der Waals surface area contributed by atoms with Gasteiger partial charge in [0.05, 0.1) is 12.1 Å². The minimum atomic E-state index is 0.0126. The quantitative estimate of drug-likeness (QED) is 0.246. The lowest BCUT2D eigenvalue weighted by Crippen LogP contribution is -2.25. The number of benzene rings is 4. The maximum atomic E-state index is 6.32. The molecule has 0 radical (unpaired) electrons. The number of ether oxygens (including phenoxy) is 2. The molecule has 0 bridgehead atoms. The second-order valence-corrected chi connectivity index (χ2v) is 13.5. The molecule has 2 aliphatic rings. The fourth-order valence-corrected chi connectivity index (χ4v) is 5.46. The van der Waals surface area contributed by atoms with Gasteiger partial charge < -0.3 is 9.47 Å². The molecule has 214 valence electrons. The van der Waals surface area contributed by atoms with Crippen LogP contribution in [0.15, 0.2) is 107 Å². The summed E-state index contributed by atoms with van der Waals surface area (Å²) in [6, 6.07) is 34.4. The SMILES string of the molecule is CC(C)(C)[C@H]1COC(c2ccc(-c3ccccc3)cc2-c2cc(-c3ccccc3)ccc2C2=N[C@@H](C(C)(C)C)CO2)=N1. The number of nitrogens with zero attached hydrogens (tertiary/aromatic N) is 2. The first kappa shape index (κ1) is 28.0. The van der Waals surface area contributed by atoms with Crippen LogP contribution < -0.4 is 0 Å². The number of hydrogen-bond acceptors (Lipinski definition) is 4. The van der Waals surface area contributed by atoms with Crippen LogP contribution in [-0.2, 0) is 9.47 Å². The van der Waals surface area contributed by atoms with Crippen LogP contribution in [0.1, 0.15) is 52.7 Å². The van der Waals surface area contributed by atoms with Crippen molar-refractivity contribution in [1.82, 2.24) is 0 Å². The van der Waals surface area contributed by atoms with Gasteiger partial charge in [-0.3, -0.25) is 0 Å². The van der Waals surface area contributed by atoms with Gasteiger partial charge in [-0.05, 0) is 68.5 Å². The molecule has 0 aliphatic carbocycles. The third kappa shape index (κ3) is 5.63. The topological polar surface area (TPSA) is 43.2 Å². The van der Waals surface area contributed by atoms with Crippen LogP contribution in [0.2, 0.25) is 0 Å². The Labute approximate surface area is 250 Å². The van der Waals surface area contributed by atoms with Crippen LogP contribution in [0.3, 0.4) is 0 Å². The van der Waals surface area contributed by atoms with Crippen LogP contribution in [-0.4, -0.2) is 37.1 Å². The molecule has 0 unspecified atom stereocenters. The molecule has 0 saturated carbocycles. The Kier molecular flexibility index (Phi) is 7.26. The molecule has 42 heavy (non-hydrogen) atoms. The Hall–Kier alpha value is -4.18. The van der Waals surface area contributed by atoms with Gasteiger partial charge in [-0.1, -0.05) is 114 Å². The van der Waals surface area contributed by atoms with Crippen molar-refractivity contribution in [3.63, 3.8) is 0 Å². The molecule has 6 rings (SSSR count). The number of rotatable bonds is 5. The summed E-state index contributed by atoms with van der Waals surface area (Å²) < 4.78 is 12.6. The Morgan fingerprint density at radius 2 is 0.857 bits per heavy atom. The van der Waals surface area contributed by atoms with Crippen molar-refractivity contribution in [3.8, 4) is 33.4 Å². The van der Waals surface area contributed by atoms with Crippen LogP contribution in [0.25, 0.3) is 33.4 Å². The molecule has 0 saturated heterocycles. The fourth-order valence-electron chi connectivity index (χ4n) is 5.46. The second kappa shape index (κ2) is 10.9. The lowest BCUT2D eigenvalue weighted by Gasteiger charge is -2.21. The van der Waals surface area contributed by atoms with Gasteiger partial charge in [0.25, 0.3) is 0 Å². The molecule has 0 aromatic heterocycles. The third-order valence-corrected chi connectivity index (χ3v) is 8.31. The zero-order valence-corrected chi connectivity index (χ0v) is 25.5. The number of hydrogen-bond donors (Lipinski definition) is 0. The van der Waals surface area contributed by atoms with Crippen LogP contribution >= 0.6 is 0 Å². The lowest BCUT2D eigenvalue weighted by molar-refractivity contribution is 0.235. The summed E-state index contributed by atoms with van der Waals surface area (Å²) in [5, 5.41) is 0. The molecule has 0 N–H and O–H groups in total. The zero-order chi connectivity index (χ0) is 29.5. The summed E-state index contributed by atoms with van der Waals surface area (Å²) in [6.45, 7) is 14.5. The first-order valence-corrected chi connectivity index (χ1v) is 14.9. The van der Waals surface area contributed by atoms with E-state index in [2.05, 4.69) is 139 Å². The Morgan fingerprint density at radius 3 is 1.19 bits per heavy atom. The van der Waals surface area contributed by atoms with Gasteiger partial charge in [0.1, 0.15) is 13.2 Å². The summed E-state index contributed by atoms with van der Waals surface area (Å²) in [5.74, 6) is 1.39. The maximum Gasteiger partial charge on any atom is 0.217 e. The summed E-state index contributed by atoms with van der Waals surface area (Å²) in [6.07, 6.45) is 0. The van der Waals surface area contributed by atoms with Crippen molar-refractivity contribution in [1.29, 1.82) is 0 Å². The summed E-state index contributed by atoms with van der Waals surface area (Å²) >= 11 is 0. The Morgan fingerprint density at radius 1 is 0.476 bits per heavy atom. The van der Waals surface area contributed by atoms with E-state index in [9.17, 15) is 0 Å². The van der Waals surface area contributed by atoms with Crippen LogP contribution in [0, 0.1) is 10.8 Å². The Bertz CT molecular complexity index is 1520. The van der Waals surface area contributed by atoms with Crippen molar-refractivity contribution >= 4 is 11.8 Å². The average molecular weight is 557 g/mol. The van der Waals surface area contributed by atoms with Crippen LogP contribution in [0.5, 0.6) is 0 Å². The molecule has 0 amide bonds. The monoisotopic (exact) mass is 556 g/mol. The van der Waals surface area contributed by atoms with Gasteiger partial charge in [0, 0.05) is 11.1 Å². The minimum absolute atomic E-state index is 0.0126. The molecule has 4 nitrogen and oxygen atoms in total. The van der Waals surface area contributed by atoms with E-state index in [1.54, 1.807) is 0 Å². The smallest absolute Gasteiger partial charge is 0.217 e. The van der Waals surface area contributed by atoms with Crippen molar-refractivity contribution in [2.45, 2.75) is 53.6 Å². The van der Waals surface area contributed by atoms with E-state index < -0.39 is 0 Å². The molecule has 0 fully saturated rings. The van der Waals surface area contributed by atoms with E-state index in [1.807, 2.05) is 0 Å². The van der Waals surface area contributed by atoms with Gasteiger partial charge in [-0.2, -0.15) is 0 Å². The van der Waals surface area contributed by atoms with E-state index in [1.165, 1.54) is 0 Å². The minimum Gasteiger partial charge on any atom is -0.475 e. The van der Waals surface area contributed by atoms with Crippen molar-refractivity contribution in [2.24, 2.45) is 20.8 Å². The first-order valence-electron chi connectivity index (χ1n) is 14.9. The van der Waals surface area contributed by atoms with Crippen molar-refractivity contribution < 1.29 is 9.47 Å². The molecule has 2 aliphatic heterocycles. The van der Waals surface area contributed by atoms with E-state index in [0.717, 1.165) is 44.5 Å². The molecular formula is C38H40N2O2. The van der Waals surface area contributed by atoms with Gasteiger partial charge >= 0.3 is 0 Å².